The predicted molar refractivity (Wildman–Crippen MR) is 111 cm³/mol. The fourth-order valence-corrected chi connectivity index (χ4v) is 3.67. The van der Waals surface area contributed by atoms with Gasteiger partial charge in [0, 0.05) is 36.4 Å². The van der Waals surface area contributed by atoms with Gasteiger partial charge in [-0.15, -0.1) is 0 Å². The third-order valence-corrected chi connectivity index (χ3v) is 5.43. The third-order valence-electron chi connectivity index (χ3n) is 5.18. The summed E-state index contributed by atoms with van der Waals surface area (Å²) in [6.45, 7) is 1.99. The first kappa shape index (κ1) is 19.2. The molecule has 0 unspecified atom stereocenters. The molecule has 3 nitrogen and oxygen atoms in total. The highest BCUT2D eigenvalue weighted by atomic mass is 35.5. The Labute approximate surface area is 170 Å². The van der Waals surface area contributed by atoms with E-state index >= 15 is 0 Å². The molecule has 1 fully saturated rings. The zero-order valence-corrected chi connectivity index (χ0v) is 16.9. The van der Waals surface area contributed by atoms with E-state index in [2.05, 4.69) is 22.7 Å². The molecule has 1 aliphatic carbocycles. The summed E-state index contributed by atoms with van der Waals surface area (Å²) in [5.74, 6) is 1.68. The van der Waals surface area contributed by atoms with Crippen LogP contribution in [0.15, 0.2) is 54.7 Å². The first-order valence-corrected chi connectivity index (χ1v) is 10.2. The summed E-state index contributed by atoms with van der Waals surface area (Å²) in [5.41, 5.74) is 3.24. The van der Waals surface area contributed by atoms with Gasteiger partial charge in [0.2, 0.25) is 0 Å². The van der Waals surface area contributed by atoms with Gasteiger partial charge in [-0.3, -0.25) is 0 Å². The molecule has 3 aromatic rings. The minimum Gasteiger partial charge on any atom is -0.303 e. The minimum atomic E-state index is -0.201. The Morgan fingerprint density at radius 1 is 1.07 bits per heavy atom. The van der Waals surface area contributed by atoms with Gasteiger partial charge in [-0.2, -0.15) is 0 Å². The molecule has 4 rings (SSSR count). The first-order chi connectivity index (χ1) is 13.6. The maximum atomic E-state index is 13.2. The average Bonchev–Trinajstić information content (AvgIpc) is 3.40. The highest BCUT2D eigenvalue weighted by Gasteiger charge is 2.23. The molecule has 146 valence electrons. The molecular weight excluding hydrogens is 373 g/mol. The number of benzene rings is 2. The molecule has 5 heteroatoms. The summed E-state index contributed by atoms with van der Waals surface area (Å²) in [5, 5.41) is 0.723. The molecule has 1 aromatic heterocycles. The molecule has 0 amide bonds. The number of nitrogens with zero attached hydrogens (tertiary/aromatic N) is 3. The van der Waals surface area contributed by atoms with Gasteiger partial charge in [-0.05, 0) is 74.2 Å². The number of aryl methyl sites for hydroxylation is 2. The van der Waals surface area contributed by atoms with Crippen LogP contribution in [0.25, 0.3) is 5.69 Å². The van der Waals surface area contributed by atoms with Gasteiger partial charge in [0.1, 0.15) is 11.6 Å². The van der Waals surface area contributed by atoms with Crippen molar-refractivity contribution in [3.63, 3.8) is 0 Å². The first-order valence-electron chi connectivity index (χ1n) is 9.83. The molecule has 0 aliphatic heterocycles. The van der Waals surface area contributed by atoms with Crippen LogP contribution in [-0.4, -0.2) is 28.0 Å². The van der Waals surface area contributed by atoms with E-state index in [-0.39, 0.29) is 5.82 Å². The lowest BCUT2D eigenvalue weighted by molar-refractivity contribution is 0.309. The number of aromatic nitrogens is 2. The molecule has 1 saturated carbocycles. The van der Waals surface area contributed by atoms with Crippen molar-refractivity contribution in [1.82, 2.24) is 14.5 Å². The van der Waals surface area contributed by atoms with Crippen molar-refractivity contribution in [2.24, 2.45) is 5.92 Å². The Morgan fingerprint density at radius 2 is 1.79 bits per heavy atom. The summed E-state index contributed by atoms with van der Waals surface area (Å²) in [6.07, 6.45) is 6.45. The van der Waals surface area contributed by atoms with Crippen molar-refractivity contribution in [3.8, 4) is 5.69 Å². The molecule has 1 aliphatic rings. The average molecular weight is 398 g/mol. The summed E-state index contributed by atoms with van der Waals surface area (Å²) >= 11 is 6.06. The summed E-state index contributed by atoms with van der Waals surface area (Å²) in [6, 6.07) is 14.5. The maximum Gasteiger partial charge on any atom is 0.123 e. The molecule has 0 saturated heterocycles. The Morgan fingerprint density at radius 3 is 2.46 bits per heavy atom. The van der Waals surface area contributed by atoms with Crippen LogP contribution in [0, 0.1) is 11.7 Å². The van der Waals surface area contributed by atoms with Gasteiger partial charge in [0.15, 0.2) is 0 Å². The van der Waals surface area contributed by atoms with Gasteiger partial charge < -0.3 is 9.47 Å². The maximum absolute atomic E-state index is 13.2. The van der Waals surface area contributed by atoms with Gasteiger partial charge >= 0.3 is 0 Å². The van der Waals surface area contributed by atoms with E-state index in [0.717, 1.165) is 59.6 Å². The van der Waals surface area contributed by atoms with Crippen molar-refractivity contribution in [3.05, 3.63) is 82.6 Å². The molecule has 0 bridgehead atoms. The second kappa shape index (κ2) is 8.46. The van der Waals surface area contributed by atoms with Crippen LogP contribution in [0.3, 0.4) is 0 Å². The van der Waals surface area contributed by atoms with Gasteiger partial charge in [0.25, 0.3) is 0 Å². The number of rotatable bonds is 8. The van der Waals surface area contributed by atoms with E-state index in [1.54, 1.807) is 0 Å². The summed E-state index contributed by atoms with van der Waals surface area (Å²) < 4.78 is 15.3. The van der Waals surface area contributed by atoms with Crippen molar-refractivity contribution >= 4 is 11.6 Å². The predicted octanol–water partition coefficient (Wildman–Crippen LogP) is 5.29. The molecule has 2 aromatic carbocycles. The lowest BCUT2D eigenvalue weighted by atomic mass is 10.1. The third kappa shape index (κ3) is 5.00. The highest BCUT2D eigenvalue weighted by molar-refractivity contribution is 6.30. The molecule has 0 radical (unpaired) electrons. The van der Waals surface area contributed by atoms with Gasteiger partial charge in [0.05, 0.1) is 5.69 Å². The second-order valence-electron chi connectivity index (χ2n) is 7.76. The van der Waals surface area contributed by atoms with E-state index in [4.69, 9.17) is 16.6 Å². The Hall–Kier alpha value is -2.17. The SMILES string of the molecule is CN(Cc1cn(-c2ccc(Cl)cc2)c(CCc2ccc(F)cc2)n1)CC1CC1. The van der Waals surface area contributed by atoms with E-state index < -0.39 is 0 Å². The fourth-order valence-electron chi connectivity index (χ4n) is 3.54. The molecule has 28 heavy (non-hydrogen) atoms. The zero-order valence-electron chi connectivity index (χ0n) is 16.1. The van der Waals surface area contributed by atoms with Crippen LogP contribution < -0.4 is 0 Å². The zero-order chi connectivity index (χ0) is 19.5. The van der Waals surface area contributed by atoms with E-state index in [1.807, 2.05) is 36.4 Å². The van der Waals surface area contributed by atoms with Crippen LogP contribution in [0.2, 0.25) is 5.02 Å². The van der Waals surface area contributed by atoms with Crippen molar-refractivity contribution in [2.45, 2.75) is 32.2 Å². The number of hydrogen-bond donors (Lipinski definition) is 0. The van der Waals surface area contributed by atoms with E-state index in [1.165, 1.54) is 25.0 Å². The fraction of sp³-hybridized carbons (Fsp3) is 0.348. The number of halogens is 2. The summed E-state index contributed by atoms with van der Waals surface area (Å²) in [7, 11) is 2.16. The van der Waals surface area contributed by atoms with Crippen LogP contribution in [0.1, 0.15) is 29.9 Å². The van der Waals surface area contributed by atoms with Crippen molar-refractivity contribution in [1.29, 1.82) is 0 Å². The number of imidazole rings is 1. The van der Waals surface area contributed by atoms with Crippen LogP contribution >= 0.6 is 11.6 Å². The lowest BCUT2D eigenvalue weighted by Gasteiger charge is -2.14. The molecule has 0 N–H and O–H groups in total. The number of hydrogen-bond acceptors (Lipinski definition) is 2. The second-order valence-corrected chi connectivity index (χ2v) is 8.20. The van der Waals surface area contributed by atoms with E-state index in [9.17, 15) is 4.39 Å². The normalized spacial score (nSPS) is 14.0. The Kier molecular flexibility index (Phi) is 5.79. The topological polar surface area (TPSA) is 21.1 Å². The van der Waals surface area contributed by atoms with Crippen molar-refractivity contribution in [2.75, 3.05) is 13.6 Å². The summed E-state index contributed by atoms with van der Waals surface area (Å²) in [4.78, 5) is 7.28. The molecule has 0 spiro atoms. The smallest absolute Gasteiger partial charge is 0.123 e. The largest absolute Gasteiger partial charge is 0.303 e. The Balaban J connectivity index is 1.54. The minimum absolute atomic E-state index is 0.201. The Bertz CT molecular complexity index is 914. The standard InChI is InChI=1S/C23H25ClFN3/c1-27(14-18-2-3-18)15-21-16-28(22-11-7-19(24)8-12-22)23(26-21)13-6-17-4-9-20(25)10-5-17/h4-5,7-12,16,18H,2-3,6,13-15H2,1H3. The van der Waals surface area contributed by atoms with Crippen LogP contribution in [0.5, 0.6) is 0 Å². The molecular formula is C23H25ClFN3. The van der Waals surface area contributed by atoms with Gasteiger partial charge in [-0.1, -0.05) is 23.7 Å². The van der Waals surface area contributed by atoms with Gasteiger partial charge in [-0.25, -0.2) is 9.37 Å². The van der Waals surface area contributed by atoms with E-state index in [0.29, 0.717) is 0 Å². The van der Waals surface area contributed by atoms with Crippen LogP contribution in [0.4, 0.5) is 4.39 Å². The monoisotopic (exact) mass is 397 g/mol. The quantitative estimate of drug-likeness (QED) is 0.514. The highest BCUT2D eigenvalue weighted by Crippen LogP contribution is 2.29. The van der Waals surface area contributed by atoms with Crippen molar-refractivity contribution < 1.29 is 4.39 Å². The molecule has 0 atom stereocenters. The molecule has 1 heterocycles. The lowest BCUT2D eigenvalue weighted by Crippen LogP contribution is -2.20. The van der Waals surface area contributed by atoms with Crippen LogP contribution in [-0.2, 0) is 19.4 Å².